The summed E-state index contributed by atoms with van der Waals surface area (Å²) in [5.74, 6) is -1.15. The van der Waals surface area contributed by atoms with Crippen molar-refractivity contribution in [3.63, 3.8) is 0 Å². The minimum atomic E-state index is -0.878. The molecule has 0 radical (unpaired) electrons. The van der Waals surface area contributed by atoms with Gasteiger partial charge in [0.2, 0.25) is 17.8 Å². The molecule has 7 rings (SSSR count). The second-order valence-corrected chi connectivity index (χ2v) is 15.9. The lowest BCUT2D eigenvalue weighted by Gasteiger charge is -2.46. The fourth-order valence-electron chi connectivity index (χ4n) is 8.09. The highest BCUT2D eigenvalue weighted by atomic mass is 35.5. The van der Waals surface area contributed by atoms with E-state index in [1.807, 2.05) is 18.2 Å². The van der Waals surface area contributed by atoms with Gasteiger partial charge in [-0.25, -0.2) is 9.37 Å². The molecule has 4 N–H and O–H groups in total. The Morgan fingerprint density at radius 2 is 1.75 bits per heavy atom. The Bertz CT molecular complexity index is 2320. The maximum absolute atomic E-state index is 15.2. The zero-order valence-electron chi connectivity index (χ0n) is 33.4. The molecule has 0 aliphatic carbocycles. The summed E-state index contributed by atoms with van der Waals surface area (Å²) in [6, 6.07) is 11.2. The Labute approximate surface area is 345 Å². The van der Waals surface area contributed by atoms with Crippen LogP contribution in [0.1, 0.15) is 49.9 Å². The number of likely N-dealkylation sites (N-methyl/N-ethyl adjacent to an activating group) is 1. The Balaban J connectivity index is 0.936. The Morgan fingerprint density at radius 3 is 2.44 bits per heavy atom. The number of carbonyl (C=O) groups excluding carboxylic acids is 4. The van der Waals surface area contributed by atoms with Crippen molar-refractivity contribution < 1.29 is 28.3 Å². The van der Waals surface area contributed by atoms with Gasteiger partial charge in [0.25, 0.3) is 17.4 Å². The molecule has 1 unspecified atom stereocenters. The Morgan fingerprint density at radius 1 is 1.00 bits per heavy atom. The second-order valence-electron chi connectivity index (χ2n) is 15.5. The number of benzene rings is 2. The fourth-order valence-corrected chi connectivity index (χ4v) is 8.23. The molecule has 0 saturated carbocycles. The third-order valence-corrected chi connectivity index (χ3v) is 11.7. The number of nitrogens with one attached hydrogen (secondary N) is 4. The molecule has 3 aliphatic heterocycles. The molecule has 0 bridgehead atoms. The third kappa shape index (κ3) is 9.25. The number of carbonyl (C=O) groups is 4. The quantitative estimate of drug-likeness (QED) is 0.162. The largest absolute Gasteiger partial charge is 0.478 e. The van der Waals surface area contributed by atoms with Crippen LogP contribution in [0.3, 0.4) is 0 Å². The molecular formula is C41H48ClFN10O6. The van der Waals surface area contributed by atoms with Gasteiger partial charge in [-0.3, -0.25) is 34.2 Å². The second kappa shape index (κ2) is 17.6. The smallest absolute Gasteiger partial charge is 0.293 e. The van der Waals surface area contributed by atoms with Crippen molar-refractivity contribution in [2.75, 3.05) is 61.5 Å². The van der Waals surface area contributed by atoms with Gasteiger partial charge in [-0.2, -0.15) is 4.98 Å². The minimum absolute atomic E-state index is 0.0640. The topological polar surface area (TPSA) is 183 Å². The van der Waals surface area contributed by atoms with Crippen LogP contribution in [0.2, 0.25) is 5.02 Å². The molecule has 2 aromatic heterocycles. The maximum Gasteiger partial charge on any atom is 0.293 e. The van der Waals surface area contributed by atoms with Crippen molar-refractivity contribution in [1.82, 2.24) is 35.4 Å². The van der Waals surface area contributed by atoms with Gasteiger partial charge in [0.05, 0.1) is 17.3 Å². The average molecular weight is 831 g/mol. The summed E-state index contributed by atoms with van der Waals surface area (Å²) < 4.78 is 22.2. The summed E-state index contributed by atoms with van der Waals surface area (Å²) in [6.07, 6.45) is 3.75. The summed E-state index contributed by atoms with van der Waals surface area (Å²) in [7, 11) is 3.15. The zero-order chi connectivity index (χ0) is 42.0. The normalized spacial score (nSPS) is 20.3. The number of pyridine rings is 1. The number of piperidine rings is 2. The maximum atomic E-state index is 15.2. The first-order valence-electron chi connectivity index (χ1n) is 19.7. The van der Waals surface area contributed by atoms with Crippen LogP contribution in [-0.4, -0.2) is 108 Å². The van der Waals surface area contributed by atoms with E-state index in [1.54, 1.807) is 25.4 Å². The van der Waals surface area contributed by atoms with Crippen molar-refractivity contribution in [2.45, 2.75) is 57.7 Å². The first-order valence-corrected chi connectivity index (χ1v) is 20.1. The molecule has 4 amide bonds. The molecule has 5 heterocycles. The summed E-state index contributed by atoms with van der Waals surface area (Å²) in [5, 5.41) is 11.6. The first-order chi connectivity index (χ1) is 28.3. The van der Waals surface area contributed by atoms with Gasteiger partial charge in [0, 0.05) is 82.1 Å². The molecule has 18 heteroatoms. The van der Waals surface area contributed by atoms with Crippen molar-refractivity contribution in [1.29, 1.82) is 0 Å². The third-order valence-electron chi connectivity index (χ3n) is 11.4. The van der Waals surface area contributed by atoms with Crippen LogP contribution in [0, 0.1) is 11.7 Å². The van der Waals surface area contributed by atoms with Gasteiger partial charge in [0.1, 0.15) is 16.9 Å². The number of anilines is 4. The van der Waals surface area contributed by atoms with Crippen molar-refractivity contribution in [2.24, 2.45) is 13.0 Å². The van der Waals surface area contributed by atoms with Crippen LogP contribution in [0.25, 0.3) is 10.9 Å². The minimum Gasteiger partial charge on any atom is -0.478 e. The predicted octanol–water partition coefficient (Wildman–Crippen LogP) is 3.34. The summed E-state index contributed by atoms with van der Waals surface area (Å²) in [6.45, 7) is 8.02. The van der Waals surface area contributed by atoms with Crippen LogP contribution in [0.4, 0.5) is 27.5 Å². The number of fused-ring (bicyclic) bond motifs is 1. The van der Waals surface area contributed by atoms with Crippen LogP contribution < -0.4 is 41.4 Å². The number of rotatable bonds is 11. The number of piperazine rings is 1. The van der Waals surface area contributed by atoms with Gasteiger partial charge in [-0.1, -0.05) is 11.6 Å². The van der Waals surface area contributed by atoms with E-state index in [2.05, 4.69) is 54.8 Å². The molecule has 3 saturated heterocycles. The van der Waals surface area contributed by atoms with Crippen LogP contribution >= 0.6 is 11.6 Å². The lowest BCUT2D eigenvalue weighted by molar-refractivity contribution is -0.134. The fraction of sp³-hybridized carbons (Fsp3) is 0.439. The number of aryl methyl sites for hydroxylation is 1. The van der Waals surface area contributed by atoms with Gasteiger partial charge in [-0.15, -0.1) is 0 Å². The van der Waals surface area contributed by atoms with Crippen molar-refractivity contribution >= 4 is 69.3 Å². The van der Waals surface area contributed by atoms with E-state index in [0.717, 1.165) is 51.0 Å². The van der Waals surface area contributed by atoms with Gasteiger partial charge in [0.15, 0.2) is 18.2 Å². The molecule has 59 heavy (non-hydrogen) atoms. The molecule has 2 aromatic carbocycles. The standard InChI is InChI=1S/C41H48ClFN10O6/c1-23-19-52(41-45-18-30(42)37(49-41)46-27-5-9-33-26(15-27)16-34(40(58)50(33)4)59-22-36(55)44-3)20-24(2)53(23)21-25-11-13-51(14-12-25)28-6-7-29(31(43)17-28)38(56)47-32-8-10-35(54)48-39(32)57/h5-7,9,15-18,23-25,32H,8,10-14,19-22H2,1-4H3,(H,44,55)(H,47,56)(H,45,46,49)(H,48,54,57)/t23-,24+,32?. The molecule has 3 fully saturated rings. The zero-order valence-corrected chi connectivity index (χ0v) is 34.1. The lowest BCUT2D eigenvalue weighted by Crippen LogP contribution is -2.58. The monoisotopic (exact) mass is 830 g/mol. The van der Waals surface area contributed by atoms with E-state index in [0.29, 0.717) is 39.6 Å². The number of aromatic nitrogens is 3. The highest BCUT2D eigenvalue weighted by Crippen LogP contribution is 2.31. The average Bonchev–Trinajstić information content (AvgIpc) is 3.21. The SMILES string of the molecule is CNC(=O)COc1cc2cc(Nc3nc(N4C[C@@H](C)N(CC5CCN(c6ccc(C(=O)NC7CCC(=O)NC7=O)c(F)c6)CC5)[C@@H](C)C4)ncc3Cl)ccc2n(C)c1=O. The molecule has 0 spiro atoms. The van der Waals surface area contributed by atoms with Gasteiger partial charge < -0.3 is 35.1 Å². The van der Waals surface area contributed by atoms with E-state index in [9.17, 15) is 24.0 Å². The lowest BCUT2D eigenvalue weighted by atomic mass is 9.93. The van der Waals surface area contributed by atoms with Crippen LogP contribution in [0.5, 0.6) is 5.75 Å². The predicted molar refractivity (Wildman–Crippen MR) is 222 cm³/mol. The molecule has 312 valence electrons. The van der Waals surface area contributed by atoms with E-state index < -0.39 is 23.7 Å². The van der Waals surface area contributed by atoms with E-state index in [1.165, 1.54) is 23.7 Å². The number of imide groups is 1. The molecular weight excluding hydrogens is 783 g/mol. The number of amides is 4. The van der Waals surface area contributed by atoms with Crippen molar-refractivity contribution in [3.8, 4) is 5.75 Å². The van der Waals surface area contributed by atoms with E-state index in [4.69, 9.17) is 21.3 Å². The highest BCUT2D eigenvalue weighted by molar-refractivity contribution is 6.33. The van der Waals surface area contributed by atoms with Gasteiger partial charge >= 0.3 is 0 Å². The molecule has 3 aliphatic rings. The number of hydrogen-bond donors (Lipinski definition) is 4. The summed E-state index contributed by atoms with van der Waals surface area (Å²) >= 11 is 6.59. The highest BCUT2D eigenvalue weighted by Gasteiger charge is 2.34. The number of hydrogen-bond acceptors (Lipinski definition) is 12. The van der Waals surface area contributed by atoms with Gasteiger partial charge in [-0.05, 0) is 81.5 Å². The molecule has 3 atom stereocenters. The van der Waals surface area contributed by atoms with Crippen LogP contribution in [-0.2, 0) is 21.4 Å². The number of halogens is 2. The Hall–Kier alpha value is -5.81. The van der Waals surface area contributed by atoms with E-state index >= 15 is 4.39 Å². The molecule has 4 aromatic rings. The number of nitrogens with zero attached hydrogens (tertiary/aromatic N) is 6. The van der Waals surface area contributed by atoms with E-state index in [-0.39, 0.29) is 60.2 Å². The number of ether oxygens (including phenoxy) is 1. The summed E-state index contributed by atoms with van der Waals surface area (Å²) in [4.78, 5) is 77.0. The first kappa shape index (κ1) is 41.4. The molecule has 16 nitrogen and oxygen atoms in total. The van der Waals surface area contributed by atoms with Crippen molar-refractivity contribution in [3.05, 3.63) is 75.4 Å². The van der Waals surface area contributed by atoms with Crippen LogP contribution in [0.15, 0.2) is 53.5 Å². The summed E-state index contributed by atoms with van der Waals surface area (Å²) in [5.41, 5.74) is 1.59. The Kier molecular flexibility index (Phi) is 12.3.